The average Bonchev–Trinajstić information content (AvgIpc) is 3.21. The van der Waals surface area contributed by atoms with Crippen molar-refractivity contribution in [3.63, 3.8) is 0 Å². The maximum Gasteiger partial charge on any atom is 0.269 e. The molecule has 0 aliphatic rings. The van der Waals surface area contributed by atoms with Crippen molar-refractivity contribution in [1.29, 1.82) is 0 Å². The van der Waals surface area contributed by atoms with E-state index < -0.39 is 0 Å². The quantitative estimate of drug-likeness (QED) is 0.676. The van der Waals surface area contributed by atoms with Crippen molar-refractivity contribution in [1.82, 2.24) is 25.3 Å². The van der Waals surface area contributed by atoms with Gasteiger partial charge < -0.3 is 5.32 Å². The molecule has 0 bridgehead atoms. The number of carbonyl (C=O) groups is 1. The molecular weight excluding hydrogens is 373 g/mol. The number of aromatic nitrogens is 4. The summed E-state index contributed by atoms with van der Waals surface area (Å²) in [4.78, 5) is 12.5. The second-order valence-electron chi connectivity index (χ2n) is 6.01. The van der Waals surface area contributed by atoms with Gasteiger partial charge in [0.1, 0.15) is 5.69 Å². The molecule has 0 saturated heterocycles. The molecule has 0 saturated carbocycles. The molecule has 2 aromatic heterocycles. The molecule has 26 heavy (non-hydrogen) atoms. The molecule has 1 amide bonds. The predicted molar refractivity (Wildman–Crippen MR) is 103 cm³/mol. The highest BCUT2D eigenvalue weighted by molar-refractivity contribution is 6.36. The molecule has 8 heteroatoms. The van der Waals surface area contributed by atoms with Gasteiger partial charge >= 0.3 is 0 Å². The SMILES string of the molecule is CCn1cc(C(C)NC(=O)c2cc(-c3ccc(Cl)cc3Cl)n[nH]2)c(C)n1. The summed E-state index contributed by atoms with van der Waals surface area (Å²) in [6, 6.07) is 6.64. The summed E-state index contributed by atoms with van der Waals surface area (Å²) in [5, 5.41) is 15.3. The lowest BCUT2D eigenvalue weighted by Crippen LogP contribution is -2.27. The van der Waals surface area contributed by atoms with Crippen molar-refractivity contribution in [3.8, 4) is 11.3 Å². The van der Waals surface area contributed by atoms with Crippen LogP contribution in [0, 0.1) is 6.92 Å². The molecule has 6 nitrogen and oxygen atoms in total. The lowest BCUT2D eigenvalue weighted by molar-refractivity contribution is 0.0934. The molecule has 1 unspecified atom stereocenters. The van der Waals surface area contributed by atoms with Gasteiger partial charge in [-0.15, -0.1) is 0 Å². The maximum absolute atomic E-state index is 12.5. The summed E-state index contributed by atoms with van der Waals surface area (Å²) < 4.78 is 1.85. The number of carbonyl (C=O) groups excluding carboxylic acids is 1. The van der Waals surface area contributed by atoms with E-state index in [2.05, 4.69) is 20.6 Å². The number of aryl methyl sites for hydroxylation is 2. The third kappa shape index (κ3) is 3.76. The van der Waals surface area contributed by atoms with E-state index in [-0.39, 0.29) is 11.9 Å². The van der Waals surface area contributed by atoms with E-state index in [1.807, 2.05) is 31.6 Å². The van der Waals surface area contributed by atoms with Gasteiger partial charge in [-0.3, -0.25) is 14.6 Å². The number of aromatic amines is 1. The Labute approximate surface area is 161 Å². The Morgan fingerprint density at radius 2 is 2.12 bits per heavy atom. The van der Waals surface area contributed by atoms with E-state index in [9.17, 15) is 4.79 Å². The van der Waals surface area contributed by atoms with E-state index in [1.54, 1.807) is 24.3 Å². The van der Waals surface area contributed by atoms with Crippen molar-refractivity contribution in [2.75, 3.05) is 0 Å². The molecule has 0 aliphatic heterocycles. The molecular formula is C18H19Cl2N5O. The predicted octanol–water partition coefficient (Wildman–Crippen LogP) is 4.40. The Balaban J connectivity index is 1.76. The number of rotatable bonds is 5. The number of hydrogen-bond donors (Lipinski definition) is 2. The molecule has 2 heterocycles. The third-order valence-corrected chi connectivity index (χ3v) is 4.70. The van der Waals surface area contributed by atoms with Gasteiger partial charge in [0.25, 0.3) is 5.91 Å². The summed E-state index contributed by atoms with van der Waals surface area (Å²) in [5.41, 5.74) is 3.54. The minimum Gasteiger partial charge on any atom is -0.344 e. The summed E-state index contributed by atoms with van der Waals surface area (Å²) in [7, 11) is 0. The number of nitrogens with one attached hydrogen (secondary N) is 2. The van der Waals surface area contributed by atoms with Crippen LogP contribution in [0.1, 0.15) is 41.6 Å². The molecule has 1 atom stereocenters. The van der Waals surface area contributed by atoms with Gasteiger partial charge in [0.2, 0.25) is 0 Å². The van der Waals surface area contributed by atoms with Gasteiger partial charge in [-0.25, -0.2) is 0 Å². The highest BCUT2D eigenvalue weighted by atomic mass is 35.5. The van der Waals surface area contributed by atoms with Crippen molar-refractivity contribution in [2.45, 2.75) is 33.4 Å². The molecule has 136 valence electrons. The van der Waals surface area contributed by atoms with Gasteiger partial charge in [0, 0.05) is 28.9 Å². The zero-order valence-corrected chi connectivity index (χ0v) is 16.2. The molecule has 0 radical (unpaired) electrons. The topological polar surface area (TPSA) is 75.6 Å². The van der Waals surface area contributed by atoms with Crippen molar-refractivity contribution in [3.05, 3.63) is 57.5 Å². The fourth-order valence-corrected chi connectivity index (χ4v) is 3.25. The van der Waals surface area contributed by atoms with Gasteiger partial charge in [0.05, 0.1) is 22.5 Å². The van der Waals surface area contributed by atoms with E-state index in [0.29, 0.717) is 27.0 Å². The van der Waals surface area contributed by atoms with E-state index in [1.165, 1.54) is 0 Å². The summed E-state index contributed by atoms with van der Waals surface area (Å²) >= 11 is 12.1. The van der Waals surface area contributed by atoms with Crippen LogP contribution >= 0.6 is 23.2 Å². The van der Waals surface area contributed by atoms with Crippen LogP contribution in [0.2, 0.25) is 10.0 Å². The van der Waals surface area contributed by atoms with Crippen LogP contribution in [0.4, 0.5) is 0 Å². The Bertz CT molecular complexity index is 947. The van der Waals surface area contributed by atoms with E-state index in [0.717, 1.165) is 17.8 Å². The molecule has 2 N–H and O–H groups in total. The maximum atomic E-state index is 12.5. The van der Waals surface area contributed by atoms with Crippen LogP contribution in [0.3, 0.4) is 0 Å². The van der Waals surface area contributed by atoms with Crippen LogP contribution in [0.15, 0.2) is 30.5 Å². The lowest BCUT2D eigenvalue weighted by Gasteiger charge is -2.12. The first-order valence-electron chi connectivity index (χ1n) is 8.24. The largest absolute Gasteiger partial charge is 0.344 e. The molecule has 3 aromatic rings. The van der Waals surface area contributed by atoms with Gasteiger partial charge in [-0.1, -0.05) is 23.2 Å². The lowest BCUT2D eigenvalue weighted by atomic mass is 10.1. The van der Waals surface area contributed by atoms with Crippen molar-refractivity contribution < 1.29 is 4.79 Å². The van der Waals surface area contributed by atoms with Gasteiger partial charge in [-0.05, 0) is 45.0 Å². The summed E-state index contributed by atoms with van der Waals surface area (Å²) in [5.74, 6) is -0.245. The second-order valence-corrected chi connectivity index (χ2v) is 6.86. The fraction of sp³-hybridized carbons (Fsp3) is 0.278. The second kappa shape index (κ2) is 7.51. The molecule has 1 aromatic carbocycles. The summed E-state index contributed by atoms with van der Waals surface area (Å²) in [6.45, 7) is 6.66. The highest BCUT2D eigenvalue weighted by Crippen LogP contribution is 2.29. The van der Waals surface area contributed by atoms with Gasteiger partial charge in [0.15, 0.2) is 0 Å². The standard InChI is InChI=1S/C18H19Cl2N5O/c1-4-25-9-14(11(3)24-25)10(2)21-18(26)17-8-16(22-23-17)13-6-5-12(19)7-15(13)20/h5-10H,4H2,1-3H3,(H,21,26)(H,22,23). The van der Waals surface area contributed by atoms with E-state index in [4.69, 9.17) is 23.2 Å². The van der Waals surface area contributed by atoms with Crippen molar-refractivity contribution >= 4 is 29.1 Å². The number of H-pyrrole nitrogens is 1. The fourth-order valence-electron chi connectivity index (χ4n) is 2.75. The number of hydrogen-bond acceptors (Lipinski definition) is 3. The Morgan fingerprint density at radius 3 is 2.77 bits per heavy atom. The normalized spacial score (nSPS) is 12.2. The number of amides is 1. The Hall–Kier alpha value is -2.31. The van der Waals surface area contributed by atoms with Crippen LogP contribution in [0.5, 0.6) is 0 Å². The van der Waals surface area contributed by atoms with Crippen LogP contribution < -0.4 is 5.32 Å². The highest BCUT2D eigenvalue weighted by Gasteiger charge is 2.18. The minimum atomic E-state index is -0.245. The molecule has 0 spiro atoms. The van der Waals surface area contributed by atoms with Crippen LogP contribution in [-0.2, 0) is 6.54 Å². The summed E-state index contributed by atoms with van der Waals surface area (Å²) in [6.07, 6.45) is 1.95. The first-order valence-corrected chi connectivity index (χ1v) is 9.00. The number of nitrogens with zero attached hydrogens (tertiary/aromatic N) is 3. The minimum absolute atomic E-state index is 0.173. The third-order valence-electron chi connectivity index (χ3n) is 4.15. The molecule has 0 aliphatic carbocycles. The number of benzene rings is 1. The van der Waals surface area contributed by atoms with Crippen molar-refractivity contribution in [2.24, 2.45) is 0 Å². The number of halogens is 2. The van der Waals surface area contributed by atoms with Crippen LogP contribution in [-0.4, -0.2) is 25.9 Å². The first kappa shape index (κ1) is 18.5. The smallest absolute Gasteiger partial charge is 0.269 e. The monoisotopic (exact) mass is 391 g/mol. The van der Waals surface area contributed by atoms with Crippen LogP contribution in [0.25, 0.3) is 11.3 Å². The Morgan fingerprint density at radius 1 is 1.35 bits per heavy atom. The average molecular weight is 392 g/mol. The molecule has 3 rings (SSSR count). The van der Waals surface area contributed by atoms with E-state index >= 15 is 0 Å². The zero-order chi connectivity index (χ0) is 18.8. The Kier molecular flexibility index (Phi) is 5.34. The first-order chi connectivity index (χ1) is 12.4. The molecule has 0 fully saturated rings. The zero-order valence-electron chi connectivity index (χ0n) is 14.7. The van der Waals surface area contributed by atoms with Gasteiger partial charge in [-0.2, -0.15) is 10.2 Å².